The molecular formula is C15H14F4O3S. The molecule has 0 radical (unpaired) electrons. The molecule has 0 spiro atoms. The van der Waals surface area contributed by atoms with Crippen LogP contribution in [0.1, 0.15) is 41.6 Å². The van der Waals surface area contributed by atoms with E-state index in [-0.39, 0.29) is 12.8 Å². The summed E-state index contributed by atoms with van der Waals surface area (Å²) in [6, 6.07) is 2.68. The summed E-state index contributed by atoms with van der Waals surface area (Å²) < 4.78 is 76.7. The van der Waals surface area contributed by atoms with E-state index in [2.05, 4.69) is 0 Å². The zero-order chi connectivity index (χ0) is 17.0. The molecule has 2 bridgehead atoms. The van der Waals surface area contributed by atoms with Gasteiger partial charge in [0.25, 0.3) is 0 Å². The van der Waals surface area contributed by atoms with Gasteiger partial charge in [0, 0.05) is 11.5 Å². The van der Waals surface area contributed by atoms with Crippen molar-refractivity contribution in [1.29, 1.82) is 0 Å². The first-order valence-electron chi connectivity index (χ1n) is 7.25. The zero-order valence-electron chi connectivity index (χ0n) is 11.9. The Bertz CT molecular complexity index is 734. The molecule has 0 amide bonds. The number of benzene rings is 1. The molecule has 2 unspecified atom stereocenters. The lowest BCUT2D eigenvalue weighted by Gasteiger charge is -2.27. The number of ketones is 1. The highest BCUT2D eigenvalue weighted by atomic mass is 32.2. The quantitative estimate of drug-likeness (QED) is 0.607. The molecule has 2 aliphatic rings. The van der Waals surface area contributed by atoms with Crippen molar-refractivity contribution >= 4 is 15.6 Å². The fraction of sp³-hybridized carbons (Fsp3) is 0.533. The van der Waals surface area contributed by atoms with Gasteiger partial charge in [0.2, 0.25) is 0 Å². The van der Waals surface area contributed by atoms with Gasteiger partial charge in [-0.2, -0.15) is 13.2 Å². The maximum absolute atomic E-state index is 13.6. The van der Waals surface area contributed by atoms with Gasteiger partial charge in [-0.15, -0.1) is 0 Å². The second-order valence-corrected chi connectivity index (χ2v) is 8.61. The van der Waals surface area contributed by atoms with Crippen LogP contribution in [0.2, 0.25) is 0 Å². The number of carbonyl (C=O) groups excluding carboxylic acids is 1. The Balaban J connectivity index is 1.96. The summed E-state index contributed by atoms with van der Waals surface area (Å²) in [4.78, 5) is 12.5. The lowest BCUT2D eigenvalue weighted by molar-refractivity contribution is -0.140. The monoisotopic (exact) mass is 350 g/mol. The topological polar surface area (TPSA) is 51.2 Å². The third-order valence-corrected chi connectivity index (χ3v) is 7.48. The fourth-order valence-corrected chi connectivity index (χ4v) is 6.13. The third kappa shape index (κ3) is 2.66. The summed E-state index contributed by atoms with van der Waals surface area (Å²) in [5.74, 6) is -3.11. The van der Waals surface area contributed by atoms with Gasteiger partial charge < -0.3 is 0 Å². The van der Waals surface area contributed by atoms with E-state index >= 15 is 0 Å². The van der Waals surface area contributed by atoms with E-state index in [1.807, 2.05) is 0 Å². The number of carbonyl (C=O) groups is 1. The Morgan fingerprint density at radius 1 is 1.09 bits per heavy atom. The van der Waals surface area contributed by atoms with E-state index in [0.717, 1.165) is 12.1 Å². The molecule has 8 heteroatoms. The molecule has 2 heterocycles. The van der Waals surface area contributed by atoms with E-state index in [4.69, 9.17) is 0 Å². The zero-order valence-corrected chi connectivity index (χ0v) is 12.8. The number of hydrogen-bond donors (Lipinski definition) is 0. The van der Waals surface area contributed by atoms with Crippen LogP contribution >= 0.6 is 0 Å². The van der Waals surface area contributed by atoms with Crippen molar-refractivity contribution in [3.63, 3.8) is 0 Å². The van der Waals surface area contributed by atoms with Crippen LogP contribution < -0.4 is 0 Å². The molecule has 3 nitrogen and oxygen atoms in total. The Labute approximate surface area is 130 Å². The third-order valence-electron chi connectivity index (χ3n) is 4.77. The summed E-state index contributed by atoms with van der Waals surface area (Å²) in [5, 5.41) is -1.34. The van der Waals surface area contributed by atoms with E-state index < -0.39 is 55.2 Å². The van der Waals surface area contributed by atoms with E-state index in [9.17, 15) is 30.8 Å². The van der Waals surface area contributed by atoms with Crippen molar-refractivity contribution in [2.75, 3.05) is 0 Å². The van der Waals surface area contributed by atoms with E-state index in [1.165, 1.54) is 0 Å². The smallest absolute Gasteiger partial charge is 0.294 e. The summed E-state index contributed by atoms with van der Waals surface area (Å²) in [7, 11) is -3.27. The normalized spacial score (nSPS) is 29.5. The minimum atomic E-state index is -4.98. The number of halogens is 4. The van der Waals surface area contributed by atoms with Crippen molar-refractivity contribution in [2.45, 2.75) is 42.4 Å². The van der Waals surface area contributed by atoms with Crippen LogP contribution in [0.25, 0.3) is 0 Å². The van der Waals surface area contributed by atoms with Crippen molar-refractivity contribution in [2.24, 2.45) is 5.92 Å². The summed E-state index contributed by atoms with van der Waals surface area (Å²) in [6.45, 7) is 0. The summed E-state index contributed by atoms with van der Waals surface area (Å²) >= 11 is 0. The van der Waals surface area contributed by atoms with Crippen LogP contribution in [0.15, 0.2) is 18.2 Å². The predicted octanol–water partition coefficient (Wildman–Crippen LogP) is 3.38. The Hall–Kier alpha value is -1.44. The molecule has 2 saturated heterocycles. The molecule has 2 fully saturated rings. The number of sulfone groups is 1. The molecular weight excluding hydrogens is 336 g/mol. The molecule has 0 N–H and O–H groups in total. The highest BCUT2D eigenvalue weighted by Crippen LogP contribution is 2.43. The lowest BCUT2D eigenvalue weighted by Crippen LogP contribution is -2.36. The SMILES string of the molecule is O=C(c1cccc(F)c1C(F)(F)F)C1CC2CCC(C1)S2(=O)=O. The van der Waals surface area contributed by atoms with Crippen LogP contribution in [-0.2, 0) is 16.0 Å². The Morgan fingerprint density at radius 3 is 2.17 bits per heavy atom. The van der Waals surface area contributed by atoms with Crippen molar-refractivity contribution in [3.8, 4) is 0 Å². The van der Waals surface area contributed by atoms with Crippen molar-refractivity contribution < 1.29 is 30.8 Å². The maximum atomic E-state index is 13.6. The number of rotatable bonds is 2. The predicted molar refractivity (Wildman–Crippen MR) is 74.2 cm³/mol. The minimum absolute atomic E-state index is 0.0193. The molecule has 1 aromatic rings. The second kappa shape index (κ2) is 5.29. The fourth-order valence-electron chi connectivity index (χ4n) is 3.66. The van der Waals surface area contributed by atoms with Gasteiger partial charge in [0.15, 0.2) is 15.6 Å². The largest absolute Gasteiger partial charge is 0.419 e. The highest BCUT2D eigenvalue weighted by Gasteiger charge is 2.49. The van der Waals surface area contributed by atoms with Crippen molar-refractivity contribution in [1.82, 2.24) is 0 Å². The Morgan fingerprint density at radius 2 is 1.65 bits per heavy atom. The van der Waals surface area contributed by atoms with Gasteiger partial charge in [0.1, 0.15) is 11.4 Å². The van der Waals surface area contributed by atoms with E-state index in [0.29, 0.717) is 18.9 Å². The van der Waals surface area contributed by atoms with Gasteiger partial charge >= 0.3 is 6.18 Å². The van der Waals surface area contributed by atoms with Gasteiger partial charge in [0.05, 0.1) is 10.5 Å². The van der Waals surface area contributed by atoms with Crippen LogP contribution in [0.5, 0.6) is 0 Å². The molecule has 0 aliphatic carbocycles. The molecule has 3 rings (SSSR count). The number of hydrogen-bond acceptors (Lipinski definition) is 3. The molecule has 0 saturated carbocycles. The van der Waals surface area contributed by atoms with Gasteiger partial charge in [-0.05, 0) is 31.7 Å². The lowest BCUT2D eigenvalue weighted by atomic mass is 9.88. The highest BCUT2D eigenvalue weighted by molar-refractivity contribution is 7.93. The average molecular weight is 350 g/mol. The molecule has 2 atom stereocenters. The standard InChI is InChI=1S/C15H14F4O3S/c16-12-3-1-2-11(13(12)15(17,18)19)14(20)8-6-9-4-5-10(7-8)23(9,21)22/h1-3,8-10H,4-7H2. The maximum Gasteiger partial charge on any atom is 0.419 e. The molecule has 2 aliphatic heterocycles. The van der Waals surface area contributed by atoms with E-state index in [1.54, 1.807) is 0 Å². The number of alkyl halides is 3. The van der Waals surface area contributed by atoms with Crippen LogP contribution in [-0.4, -0.2) is 24.7 Å². The second-order valence-electron chi connectivity index (χ2n) is 6.10. The molecule has 23 heavy (non-hydrogen) atoms. The Kier molecular flexibility index (Phi) is 3.78. The van der Waals surface area contributed by atoms with Crippen molar-refractivity contribution in [3.05, 3.63) is 35.1 Å². The van der Waals surface area contributed by atoms with Crippen LogP contribution in [0.3, 0.4) is 0 Å². The van der Waals surface area contributed by atoms with Gasteiger partial charge in [-0.3, -0.25) is 4.79 Å². The first kappa shape index (κ1) is 16.4. The summed E-state index contributed by atoms with van der Waals surface area (Å²) in [6.07, 6.45) is -4.06. The summed E-state index contributed by atoms with van der Waals surface area (Å²) in [5.41, 5.74) is -2.27. The van der Waals surface area contributed by atoms with Crippen LogP contribution in [0.4, 0.5) is 17.6 Å². The molecule has 1 aromatic carbocycles. The minimum Gasteiger partial charge on any atom is -0.294 e. The van der Waals surface area contributed by atoms with Gasteiger partial charge in [-0.25, -0.2) is 12.8 Å². The molecule has 126 valence electrons. The average Bonchev–Trinajstić information content (AvgIpc) is 2.65. The number of fused-ring (bicyclic) bond motifs is 2. The molecule has 0 aromatic heterocycles. The first-order chi connectivity index (χ1) is 10.6. The van der Waals surface area contributed by atoms with Gasteiger partial charge in [-0.1, -0.05) is 12.1 Å². The number of Topliss-reactive ketones (excluding diaryl/α,β-unsaturated/α-hetero) is 1. The first-order valence-corrected chi connectivity index (χ1v) is 8.86. The van der Waals surface area contributed by atoms with Crippen LogP contribution in [0, 0.1) is 11.7 Å².